The average Bonchev–Trinajstić information content (AvgIpc) is 2.76. The quantitative estimate of drug-likeness (QED) is 0.707. The van der Waals surface area contributed by atoms with Crippen LogP contribution in [0.3, 0.4) is 0 Å². The molecule has 0 amide bonds. The number of anilines is 1. The Hall–Kier alpha value is -3.46. The Morgan fingerprint density at radius 1 is 1.18 bits per heavy atom. The third-order valence-corrected chi connectivity index (χ3v) is 5.28. The molecule has 0 radical (unpaired) electrons. The van der Waals surface area contributed by atoms with Gasteiger partial charge < -0.3 is 4.90 Å². The zero-order chi connectivity index (χ0) is 19.5. The standard InChI is InChI=1S/C22H21N5O/c1-26-21(28)13-20(17-7-9-24-10-8-17)25-22(26)27-11-3-6-19(15-27)18-5-2-4-16(12-18)14-23/h2,4-5,7-10,12-13,19H,3,6,11,15H2,1H3. The van der Waals surface area contributed by atoms with Crippen LogP contribution in [0.15, 0.2) is 59.7 Å². The maximum absolute atomic E-state index is 12.6. The summed E-state index contributed by atoms with van der Waals surface area (Å²) >= 11 is 0. The van der Waals surface area contributed by atoms with E-state index in [2.05, 4.69) is 22.0 Å². The van der Waals surface area contributed by atoms with Gasteiger partial charge in [0, 0.05) is 50.1 Å². The fraction of sp³-hybridized carbons (Fsp3) is 0.273. The zero-order valence-corrected chi connectivity index (χ0v) is 15.7. The van der Waals surface area contributed by atoms with Crippen molar-refractivity contribution in [1.29, 1.82) is 5.26 Å². The van der Waals surface area contributed by atoms with Crippen LogP contribution in [0.2, 0.25) is 0 Å². The van der Waals surface area contributed by atoms with Crippen LogP contribution in [-0.2, 0) is 7.05 Å². The topological polar surface area (TPSA) is 74.8 Å². The van der Waals surface area contributed by atoms with Crippen molar-refractivity contribution < 1.29 is 0 Å². The number of hydrogen-bond donors (Lipinski definition) is 0. The molecule has 0 aliphatic carbocycles. The first-order valence-electron chi connectivity index (χ1n) is 9.39. The monoisotopic (exact) mass is 371 g/mol. The predicted octanol–water partition coefficient (Wildman–Crippen LogP) is 3.10. The van der Waals surface area contributed by atoms with Gasteiger partial charge in [-0.05, 0) is 42.7 Å². The van der Waals surface area contributed by atoms with Gasteiger partial charge in [0.1, 0.15) is 0 Å². The van der Waals surface area contributed by atoms with Gasteiger partial charge in [-0.3, -0.25) is 14.3 Å². The van der Waals surface area contributed by atoms with E-state index in [9.17, 15) is 10.1 Å². The van der Waals surface area contributed by atoms with Crippen molar-refractivity contribution in [2.75, 3.05) is 18.0 Å². The number of pyridine rings is 1. The van der Waals surface area contributed by atoms with Crippen LogP contribution in [-0.4, -0.2) is 27.6 Å². The number of aromatic nitrogens is 3. The molecule has 1 unspecified atom stereocenters. The van der Waals surface area contributed by atoms with Crippen molar-refractivity contribution in [2.45, 2.75) is 18.8 Å². The normalized spacial score (nSPS) is 16.6. The van der Waals surface area contributed by atoms with Gasteiger partial charge in [0.15, 0.2) is 0 Å². The molecule has 0 N–H and O–H groups in total. The highest BCUT2D eigenvalue weighted by Gasteiger charge is 2.24. The Labute approximate surface area is 163 Å². The van der Waals surface area contributed by atoms with E-state index in [1.165, 1.54) is 5.56 Å². The number of nitrogens with zero attached hydrogens (tertiary/aromatic N) is 5. The first-order valence-corrected chi connectivity index (χ1v) is 9.39. The summed E-state index contributed by atoms with van der Waals surface area (Å²) in [4.78, 5) is 23.6. The van der Waals surface area contributed by atoms with Crippen molar-refractivity contribution in [3.63, 3.8) is 0 Å². The van der Waals surface area contributed by atoms with Crippen molar-refractivity contribution >= 4 is 5.95 Å². The molecule has 3 aromatic rings. The molecule has 0 bridgehead atoms. The third-order valence-electron chi connectivity index (χ3n) is 5.28. The second-order valence-electron chi connectivity index (χ2n) is 7.10. The smallest absolute Gasteiger partial charge is 0.255 e. The number of piperidine rings is 1. The van der Waals surface area contributed by atoms with E-state index in [1.54, 1.807) is 30.1 Å². The molecule has 1 aliphatic rings. The number of hydrogen-bond acceptors (Lipinski definition) is 5. The average molecular weight is 371 g/mol. The second-order valence-corrected chi connectivity index (χ2v) is 7.10. The molecule has 0 spiro atoms. The van der Waals surface area contributed by atoms with Gasteiger partial charge in [-0.1, -0.05) is 12.1 Å². The highest BCUT2D eigenvalue weighted by molar-refractivity contribution is 5.59. The Kier molecular flexibility index (Phi) is 4.90. The number of benzene rings is 1. The van der Waals surface area contributed by atoms with Crippen molar-refractivity contribution in [3.05, 3.63) is 76.3 Å². The first-order chi connectivity index (χ1) is 13.7. The molecule has 140 valence electrons. The summed E-state index contributed by atoms with van der Waals surface area (Å²) in [5, 5.41) is 9.18. The number of nitriles is 1. The van der Waals surface area contributed by atoms with E-state index in [4.69, 9.17) is 4.98 Å². The van der Waals surface area contributed by atoms with Crippen LogP contribution in [0.25, 0.3) is 11.3 Å². The van der Waals surface area contributed by atoms with Crippen LogP contribution in [0.5, 0.6) is 0 Å². The van der Waals surface area contributed by atoms with E-state index in [-0.39, 0.29) is 5.56 Å². The Morgan fingerprint density at radius 3 is 2.79 bits per heavy atom. The van der Waals surface area contributed by atoms with Crippen LogP contribution in [0.1, 0.15) is 29.9 Å². The van der Waals surface area contributed by atoms with Gasteiger partial charge in [0.25, 0.3) is 5.56 Å². The SMILES string of the molecule is Cn1c(N2CCCC(c3cccc(C#N)c3)C2)nc(-c2ccncc2)cc1=O. The van der Waals surface area contributed by atoms with Gasteiger partial charge in [0.2, 0.25) is 5.95 Å². The third kappa shape index (κ3) is 3.52. The summed E-state index contributed by atoms with van der Waals surface area (Å²) in [7, 11) is 1.76. The van der Waals surface area contributed by atoms with Crippen LogP contribution >= 0.6 is 0 Å². The van der Waals surface area contributed by atoms with Gasteiger partial charge in [0.05, 0.1) is 17.3 Å². The van der Waals surface area contributed by atoms with Crippen molar-refractivity contribution in [2.24, 2.45) is 7.05 Å². The molecule has 1 aliphatic heterocycles. The summed E-state index contributed by atoms with van der Waals surface area (Å²) < 4.78 is 1.61. The first kappa shape index (κ1) is 17.9. The summed E-state index contributed by atoms with van der Waals surface area (Å²) in [6.07, 6.45) is 5.47. The van der Waals surface area contributed by atoms with E-state index in [0.29, 0.717) is 23.1 Å². The number of rotatable bonds is 3. The largest absolute Gasteiger partial charge is 0.342 e. The van der Waals surface area contributed by atoms with E-state index >= 15 is 0 Å². The molecule has 1 atom stereocenters. The Morgan fingerprint density at radius 2 is 2.00 bits per heavy atom. The van der Waals surface area contributed by atoms with E-state index in [0.717, 1.165) is 31.5 Å². The van der Waals surface area contributed by atoms with Crippen molar-refractivity contribution in [3.8, 4) is 17.3 Å². The van der Waals surface area contributed by atoms with Crippen LogP contribution < -0.4 is 10.5 Å². The summed E-state index contributed by atoms with van der Waals surface area (Å²) in [6.45, 7) is 1.63. The van der Waals surface area contributed by atoms with E-state index < -0.39 is 0 Å². The highest BCUT2D eigenvalue weighted by Crippen LogP contribution is 2.30. The molecule has 1 fully saturated rings. The maximum atomic E-state index is 12.6. The molecule has 1 saturated heterocycles. The lowest BCUT2D eigenvalue weighted by Crippen LogP contribution is -2.38. The summed E-state index contributed by atoms with van der Waals surface area (Å²) in [5.41, 5.74) is 3.31. The van der Waals surface area contributed by atoms with E-state index in [1.807, 2.05) is 30.3 Å². The van der Waals surface area contributed by atoms with Gasteiger partial charge in [-0.25, -0.2) is 4.98 Å². The molecule has 28 heavy (non-hydrogen) atoms. The lowest BCUT2D eigenvalue weighted by Gasteiger charge is -2.34. The molecule has 2 aromatic heterocycles. The van der Waals surface area contributed by atoms with Gasteiger partial charge in [-0.15, -0.1) is 0 Å². The molecule has 6 heteroatoms. The second kappa shape index (κ2) is 7.65. The van der Waals surface area contributed by atoms with Gasteiger partial charge in [-0.2, -0.15) is 5.26 Å². The highest BCUT2D eigenvalue weighted by atomic mass is 16.1. The minimum atomic E-state index is -0.0783. The lowest BCUT2D eigenvalue weighted by molar-refractivity contribution is 0.497. The molecule has 0 saturated carbocycles. The Bertz CT molecular complexity index is 1080. The zero-order valence-electron chi connectivity index (χ0n) is 15.7. The Balaban J connectivity index is 1.67. The summed E-state index contributed by atoms with van der Waals surface area (Å²) in [6, 6.07) is 15.3. The fourth-order valence-corrected chi connectivity index (χ4v) is 3.77. The van der Waals surface area contributed by atoms with Crippen LogP contribution in [0, 0.1) is 11.3 Å². The molecule has 6 nitrogen and oxygen atoms in total. The van der Waals surface area contributed by atoms with Gasteiger partial charge >= 0.3 is 0 Å². The minimum absolute atomic E-state index is 0.0783. The predicted molar refractivity (Wildman–Crippen MR) is 108 cm³/mol. The summed E-state index contributed by atoms with van der Waals surface area (Å²) in [5.74, 6) is 0.990. The van der Waals surface area contributed by atoms with Crippen LogP contribution in [0.4, 0.5) is 5.95 Å². The minimum Gasteiger partial charge on any atom is -0.342 e. The van der Waals surface area contributed by atoms with Crippen molar-refractivity contribution in [1.82, 2.24) is 14.5 Å². The molecule has 1 aromatic carbocycles. The molecule has 4 rings (SSSR count). The molecular weight excluding hydrogens is 350 g/mol. The lowest BCUT2D eigenvalue weighted by atomic mass is 9.90. The molecule has 3 heterocycles. The fourth-order valence-electron chi connectivity index (χ4n) is 3.77. The maximum Gasteiger partial charge on any atom is 0.255 e. The molecular formula is C22H21N5O.